The van der Waals surface area contributed by atoms with Gasteiger partial charge in [0.1, 0.15) is 30.4 Å². The zero-order chi connectivity index (χ0) is 23.9. The van der Waals surface area contributed by atoms with Crippen LogP contribution in [-0.2, 0) is 13.1 Å². The number of piperidine rings is 1. The molecule has 36 heavy (non-hydrogen) atoms. The summed E-state index contributed by atoms with van der Waals surface area (Å²) in [7, 11) is 0. The van der Waals surface area contributed by atoms with Crippen molar-refractivity contribution in [1.82, 2.24) is 24.3 Å². The number of fused-ring (bicyclic) bond motifs is 1. The fraction of sp³-hybridized carbons (Fsp3) is 0.440. The monoisotopic (exact) mass is 510 g/mol. The van der Waals surface area contributed by atoms with Gasteiger partial charge in [-0.1, -0.05) is 0 Å². The van der Waals surface area contributed by atoms with E-state index in [2.05, 4.69) is 21.3 Å². The van der Waals surface area contributed by atoms with E-state index >= 15 is 0 Å². The summed E-state index contributed by atoms with van der Waals surface area (Å²) in [6, 6.07) is 9.53. The lowest BCUT2D eigenvalue weighted by molar-refractivity contribution is 0.169. The number of hydrogen-bond donors (Lipinski definition) is 1. The van der Waals surface area contributed by atoms with Gasteiger partial charge in [0.25, 0.3) is 11.1 Å². The lowest BCUT2D eigenvalue weighted by atomic mass is 10.0. The molecule has 0 spiro atoms. The normalized spacial score (nSPS) is 19.1. The van der Waals surface area contributed by atoms with Gasteiger partial charge in [-0.25, -0.2) is 4.98 Å². The van der Waals surface area contributed by atoms with E-state index < -0.39 is 0 Å². The van der Waals surface area contributed by atoms with Crippen molar-refractivity contribution in [1.29, 1.82) is 5.26 Å². The summed E-state index contributed by atoms with van der Waals surface area (Å²) in [5.41, 5.74) is 2.56. The number of rotatable bonds is 5. The number of pyridine rings is 1. The highest BCUT2D eigenvalue weighted by molar-refractivity contribution is 5.85. The van der Waals surface area contributed by atoms with Gasteiger partial charge < -0.3 is 19.7 Å². The van der Waals surface area contributed by atoms with Crippen LogP contribution in [0.15, 0.2) is 40.1 Å². The van der Waals surface area contributed by atoms with E-state index in [1.54, 1.807) is 15.2 Å². The van der Waals surface area contributed by atoms with E-state index in [4.69, 9.17) is 9.47 Å². The van der Waals surface area contributed by atoms with E-state index in [9.17, 15) is 14.9 Å². The number of halogens is 1. The minimum atomic E-state index is -0.166. The van der Waals surface area contributed by atoms with Crippen LogP contribution in [0.5, 0.6) is 11.5 Å². The number of likely N-dealkylation sites (tertiary alicyclic amines) is 1. The molecule has 0 amide bonds. The van der Waals surface area contributed by atoms with E-state index in [0.717, 1.165) is 38.0 Å². The molecule has 3 aliphatic heterocycles. The molecule has 10 nitrogen and oxygen atoms in total. The number of hydrogen-bond acceptors (Lipinski definition) is 8. The highest BCUT2D eigenvalue weighted by Crippen LogP contribution is 2.35. The third-order valence-corrected chi connectivity index (χ3v) is 7.15. The predicted octanol–water partition coefficient (Wildman–Crippen LogP) is 1.43. The number of aromatic nitrogens is 3. The number of benzene rings is 1. The van der Waals surface area contributed by atoms with Crippen molar-refractivity contribution < 1.29 is 9.47 Å². The van der Waals surface area contributed by atoms with Gasteiger partial charge in [0.15, 0.2) is 11.5 Å². The Bertz CT molecular complexity index is 1450. The van der Waals surface area contributed by atoms with Gasteiger partial charge >= 0.3 is 0 Å². The van der Waals surface area contributed by atoms with Gasteiger partial charge in [0.2, 0.25) is 0 Å². The second kappa shape index (κ2) is 9.93. The van der Waals surface area contributed by atoms with Crippen molar-refractivity contribution in [3.05, 3.63) is 62.3 Å². The topological polar surface area (TPSA) is 114 Å². The molecule has 1 N–H and O–H groups in total. The molecule has 0 bridgehead atoms. The summed E-state index contributed by atoms with van der Waals surface area (Å²) in [5, 5.41) is 13.1. The second-order valence-corrected chi connectivity index (χ2v) is 9.35. The van der Waals surface area contributed by atoms with Gasteiger partial charge in [-0.2, -0.15) is 5.26 Å². The third kappa shape index (κ3) is 4.34. The minimum absolute atomic E-state index is 0. The molecule has 1 aromatic carbocycles. The van der Waals surface area contributed by atoms with Crippen LogP contribution in [0.2, 0.25) is 0 Å². The first-order chi connectivity index (χ1) is 17.1. The van der Waals surface area contributed by atoms with Gasteiger partial charge in [0.05, 0.1) is 17.8 Å². The average molecular weight is 511 g/mol. The molecule has 5 heterocycles. The molecular formula is C25H27ClN6O4. The zero-order valence-electron chi connectivity index (χ0n) is 19.7. The highest BCUT2D eigenvalue weighted by Gasteiger charge is 2.29. The van der Waals surface area contributed by atoms with Gasteiger partial charge in [-0.3, -0.25) is 18.7 Å². The fourth-order valence-corrected chi connectivity index (χ4v) is 5.44. The van der Waals surface area contributed by atoms with Crippen LogP contribution >= 0.6 is 12.4 Å². The Labute approximate surface area is 213 Å². The Kier molecular flexibility index (Phi) is 6.71. The standard InChI is InChI=1S/C25H26N6O4.ClH/c26-11-17-9-16(10-21-24(17)35-8-7-34-21)12-27-18-3-5-29(6-4-18)14-19-15-30-23(33)13-28-20-1-2-22(32)31(19)25(20)30;/h1-2,9-10,13,18-19,27H,3-8,12,14-15H2;1H/t19-;/m1./s1. The van der Waals surface area contributed by atoms with Crippen molar-refractivity contribution in [3.63, 3.8) is 0 Å². The Morgan fingerprint density at radius 2 is 1.92 bits per heavy atom. The summed E-state index contributed by atoms with van der Waals surface area (Å²) in [4.78, 5) is 31.5. The lowest BCUT2D eigenvalue weighted by Crippen LogP contribution is -2.44. The van der Waals surface area contributed by atoms with Crippen LogP contribution in [0.1, 0.15) is 30.0 Å². The molecule has 0 aliphatic carbocycles. The maximum absolute atomic E-state index is 12.6. The van der Waals surface area contributed by atoms with Crippen molar-refractivity contribution in [3.8, 4) is 17.6 Å². The first kappa shape index (κ1) is 24.3. The van der Waals surface area contributed by atoms with E-state index in [-0.39, 0.29) is 29.6 Å². The molecule has 0 unspecified atom stereocenters. The number of nitriles is 1. The SMILES string of the molecule is Cl.N#Cc1cc(CNC2CCN(C[C@@H]3Cn4c(=O)cnc5ccc(=O)n3c54)CC2)cc2c1OCCO2. The molecule has 0 radical (unpaired) electrons. The van der Waals surface area contributed by atoms with Gasteiger partial charge in [-0.15, -0.1) is 12.4 Å². The van der Waals surface area contributed by atoms with Crippen molar-refractivity contribution >= 4 is 23.6 Å². The molecule has 3 aliphatic rings. The molecule has 1 fully saturated rings. The molecule has 1 saturated heterocycles. The number of ether oxygens (including phenoxy) is 2. The number of nitrogens with zero attached hydrogens (tertiary/aromatic N) is 5. The van der Waals surface area contributed by atoms with E-state index in [1.165, 1.54) is 12.3 Å². The van der Waals surface area contributed by atoms with Gasteiger partial charge in [-0.05, 0) is 49.7 Å². The molecular weight excluding hydrogens is 484 g/mol. The summed E-state index contributed by atoms with van der Waals surface area (Å²) < 4.78 is 14.7. The van der Waals surface area contributed by atoms with Gasteiger partial charge in [0, 0.05) is 31.7 Å². The first-order valence-electron chi connectivity index (χ1n) is 12.0. The van der Waals surface area contributed by atoms with Crippen molar-refractivity contribution in [2.24, 2.45) is 0 Å². The molecule has 188 valence electrons. The zero-order valence-corrected chi connectivity index (χ0v) is 20.5. The predicted molar refractivity (Wildman–Crippen MR) is 135 cm³/mol. The summed E-state index contributed by atoms with van der Waals surface area (Å²) >= 11 is 0. The molecule has 2 aromatic heterocycles. The molecule has 3 aromatic rings. The van der Waals surface area contributed by atoms with Crippen LogP contribution in [0.4, 0.5) is 0 Å². The third-order valence-electron chi connectivity index (χ3n) is 7.15. The maximum Gasteiger partial charge on any atom is 0.270 e. The van der Waals surface area contributed by atoms with Crippen LogP contribution in [0.25, 0.3) is 11.2 Å². The first-order valence-corrected chi connectivity index (χ1v) is 12.0. The molecule has 0 saturated carbocycles. The van der Waals surface area contributed by atoms with Crippen molar-refractivity contribution in [2.45, 2.75) is 38.0 Å². The molecule has 1 atom stereocenters. The maximum atomic E-state index is 12.6. The Morgan fingerprint density at radius 3 is 2.72 bits per heavy atom. The van der Waals surface area contributed by atoms with Crippen LogP contribution < -0.4 is 25.9 Å². The number of nitrogens with one attached hydrogen (secondary N) is 1. The minimum Gasteiger partial charge on any atom is -0.486 e. The lowest BCUT2D eigenvalue weighted by Gasteiger charge is -2.34. The van der Waals surface area contributed by atoms with Crippen LogP contribution in [0.3, 0.4) is 0 Å². The Morgan fingerprint density at radius 1 is 1.11 bits per heavy atom. The largest absolute Gasteiger partial charge is 0.486 e. The smallest absolute Gasteiger partial charge is 0.270 e. The van der Waals surface area contributed by atoms with Crippen molar-refractivity contribution in [2.75, 3.05) is 32.8 Å². The van der Waals surface area contributed by atoms with E-state index in [1.807, 2.05) is 12.1 Å². The highest BCUT2D eigenvalue weighted by atomic mass is 35.5. The average Bonchev–Trinajstić information content (AvgIpc) is 3.28. The van der Waals surface area contributed by atoms with E-state index in [0.29, 0.717) is 60.6 Å². The van der Waals surface area contributed by atoms with Crippen LogP contribution in [-0.4, -0.2) is 57.9 Å². The Balaban J connectivity index is 0.00000267. The molecule has 11 heteroatoms. The second-order valence-electron chi connectivity index (χ2n) is 9.35. The quantitative estimate of drug-likeness (QED) is 0.548. The summed E-state index contributed by atoms with van der Waals surface area (Å²) in [6.45, 7) is 4.65. The summed E-state index contributed by atoms with van der Waals surface area (Å²) in [6.07, 6.45) is 3.30. The fourth-order valence-electron chi connectivity index (χ4n) is 5.44. The summed E-state index contributed by atoms with van der Waals surface area (Å²) in [5.74, 6) is 1.18. The Hall–Kier alpha value is -3.39. The van der Waals surface area contributed by atoms with Crippen LogP contribution in [0, 0.1) is 11.3 Å². The molecule has 6 rings (SSSR count).